The molecule has 1 aromatic rings. The van der Waals surface area contributed by atoms with Crippen LogP contribution in [-0.2, 0) is 13.0 Å². The van der Waals surface area contributed by atoms with E-state index < -0.39 is 6.43 Å². The molecule has 86 valence electrons. The number of halogens is 2. The molecule has 0 radical (unpaired) electrons. The molecule has 0 aromatic carbocycles. The summed E-state index contributed by atoms with van der Waals surface area (Å²) in [7, 11) is 0. The van der Waals surface area contributed by atoms with Gasteiger partial charge in [0.25, 0.3) is 6.43 Å². The summed E-state index contributed by atoms with van der Waals surface area (Å²) in [5.74, 6) is 1.05. The lowest BCUT2D eigenvalue weighted by atomic mass is 10.0. The van der Waals surface area contributed by atoms with Gasteiger partial charge in [-0.3, -0.25) is 0 Å². The van der Waals surface area contributed by atoms with Crippen molar-refractivity contribution < 1.29 is 8.78 Å². The van der Waals surface area contributed by atoms with Gasteiger partial charge < -0.3 is 4.57 Å². The molecule has 0 N–H and O–H groups in total. The van der Waals surface area contributed by atoms with Gasteiger partial charge in [-0.25, -0.2) is 8.78 Å². The summed E-state index contributed by atoms with van der Waals surface area (Å²) in [5, 5.41) is 7.26. The predicted molar refractivity (Wildman–Crippen MR) is 53.8 cm³/mol. The van der Waals surface area contributed by atoms with Gasteiger partial charge in [0.05, 0.1) is 0 Å². The van der Waals surface area contributed by atoms with Crippen LogP contribution in [0, 0.1) is 5.92 Å². The quantitative estimate of drug-likeness (QED) is 0.724. The zero-order valence-electron chi connectivity index (χ0n) is 9.37. The minimum Gasteiger partial charge on any atom is -0.310 e. The smallest absolute Gasteiger partial charge is 0.297 e. The van der Waals surface area contributed by atoms with Crippen LogP contribution in [0.15, 0.2) is 0 Å². The second kappa shape index (κ2) is 5.19. The minimum absolute atomic E-state index is 0.179. The van der Waals surface area contributed by atoms with Crippen LogP contribution in [0.4, 0.5) is 8.78 Å². The van der Waals surface area contributed by atoms with E-state index in [0.717, 1.165) is 12.8 Å². The zero-order chi connectivity index (χ0) is 11.4. The summed E-state index contributed by atoms with van der Waals surface area (Å²) < 4.78 is 26.3. The number of fused-ring (bicyclic) bond motifs is 1. The lowest BCUT2D eigenvalue weighted by molar-refractivity contribution is 0.133. The molecule has 0 saturated heterocycles. The Morgan fingerprint density at radius 2 is 2.00 bits per heavy atom. The molecule has 15 heavy (non-hydrogen) atoms. The lowest BCUT2D eigenvalue weighted by Crippen LogP contribution is -2.19. The summed E-state index contributed by atoms with van der Waals surface area (Å²) in [4.78, 5) is 0. The Balaban J connectivity index is 0.000000531. The van der Waals surface area contributed by atoms with Crippen molar-refractivity contribution in [2.45, 2.75) is 46.6 Å². The third kappa shape index (κ3) is 2.52. The van der Waals surface area contributed by atoms with Crippen LogP contribution >= 0.6 is 0 Å². The predicted octanol–water partition coefficient (Wildman–Crippen LogP) is 2.82. The number of alkyl halides is 2. The molecule has 1 aliphatic heterocycles. The Kier molecular flexibility index (Phi) is 4.17. The summed E-state index contributed by atoms with van der Waals surface area (Å²) in [5.41, 5.74) is 0. The van der Waals surface area contributed by atoms with Gasteiger partial charge in [-0.1, -0.05) is 20.8 Å². The maximum atomic E-state index is 12.4. The van der Waals surface area contributed by atoms with E-state index in [0.29, 0.717) is 18.3 Å². The van der Waals surface area contributed by atoms with E-state index in [-0.39, 0.29) is 5.82 Å². The third-order valence-corrected chi connectivity index (χ3v) is 2.43. The molecule has 0 aliphatic carbocycles. The fourth-order valence-electron chi connectivity index (χ4n) is 1.67. The van der Waals surface area contributed by atoms with Crippen LogP contribution in [0.2, 0.25) is 0 Å². The Morgan fingerprint density at radius 1 is 1.33 bits per heavy atom. The van der Waals surface area contributed by atoms with Crippen molar-refractivity contribution in [3.63, 3.8) is 0 Å². The average Bonchev–Trinajstić information content (AvgIpc) is 2.63. The van der Waals surface area contributed by atoms with E-state index in [2.05, 4.69) is 17.1 Å². The van der Waals surface area contributed by atoms with Crippen molar-refractivity contribution in [3.05, 3.63) is 11.6 Å². The van der Waals surface area contributed by atoms with E-state index in [1.54, 1.807) is 4.57 Å². The second-order valence-electron chi connectivity index (χ2n) is 3.52. The molecule has 0 bridgehead atoms. The van der Waals surface area contributed by atoms with E-state index in [9.17, 15) is 8.78 Å². The van der Waals surface area contributed by atoms with Crippen molar-refractivity contribution in [2.24, 2.45) is 5.92 Å². The highest BCUT2D eigenvalue weighted by Crippen LogP contribution is 2.24. The first-order valence-corrected chi connectivity index (χ1v) is 5.38. The molecule has 2 rings (SSSR count). The van der Waals surface area contributed by atoms with Crippen LogP contribution in [-0.4, -0.2) is 14.8 Å². The number of rotatable bonds is 1. The van der Waals surface area contributed by atoms with Gasteiger partial charge in [0.1, 0.15) is 5.82 Å². The largest absolute Gasteiger partial charge is 0.310 e. The molecule has 1 atom stereocenters. The molecule has 5 heteroatoms. The van der Waals surface area contributed by atoms with Crippen LogP contribution < -0.4 is 0 Å². The molecule has 3 nitrogen and oxygen atoms in total. The van der Waals surface area contributed by atoms with E-state index >= 15 is 0 Å². The lowest BCUT2D eigenvalue weighted by Gasteiger charge is -2.19. The number of aromatic nitrogens is 3. The molecule has 0 saturated carbocycles. The van der Waals surface area contributed by atoms with E-state index in [4.69, 9.17) is 0 Å². The summed E-state index contributed by atoms with van der Waals surface area (Å²) in [6.07, 6.45) is -0.806. The molecule has 1 aliphatic rings. The average molecular weight is 217 g/mol. The van der Waals surface area contributed by atoms with Gasteiger partial charge in [0.2, 0.25) is 0 Å². The van der Waals surface area contributed by atoms with Crippen LogP contribution in [0.1, 0.15) is 45.3 Å². The van der Waals surface area contributed by atoms with Crippen molar-refractivity contribution >= 4 is 0 Å². The molecular formula is C10H17F2N3. The molecular weight excluding hydrogens is 200 g/mol. The Morgan fingerprint density at radius 3 is 2.60 bits per heavy atom. The Hall–Kier alpha value is -1.00. The van der Waals surface area contributed by atoms with E-state index in [1.807, 2.05) is 13.8 Å². The fourth-order valence-corrected chi connectivity index (χ4v) is 1.67. The SMILES string of the molecule is CC.CC1CCn2c(nnc2C(F)F)C1. The molecule has 1 unspecified atom stereocenters. The zero-order valence-corrected chi connectivity index (χ0v) is 9.37. The minimum atomic E-state index is -2.50. The molecule has 0 amide bonds. The monoisotopic (exact) mass is 217 g/mol. The number of hydrogen-bond donors (Lipinski definition) is 0. The van der Waals surface area contributed by atoms with E-state index in [1.165, 1.54) is 0 Å². The van der Waals surface area contributed by atoms with Crippen LogP contribution in [0.3, 0.4) is 0 Å². The highest BCUT2D eigenvalue weighted by molar-refractivity contribution is 5.00. The van der Waals surface area contributed by atoms with Gasteiger partial charge in [-0.2, -0.15) is 0 Å². The summed E-state index contributed by atoms with van der Waals surface area (Å²) in [6, 6.07) is 0. The number of nitrogens with zero attached hydrogens (tertiary/aromatic N) is 3. The number of hydrogen-bond acceptors (Lipinski definition) is 2. The summed E-state index contributed by atoms with van der Waals surface area (Å²) in [6.45, 7) is 6.73. The normalized spacial score (nSPS) is 19.5. The maximum Gasteiger partial charge on any atom is 0.297 e. The third-order valence-electron chi connectivity index (χ3n) is 2.43. The second-order valence-corrected chi connectivity index (χ2v) is 3.52. The molecule has 1 aromatic heterocycles. The van der Waals surface area contributed by atoms with Gasteiger partial charge in [-0.05, 0) is 12.3 Å². The van der Waals surface area contributed by atoms with Crippen molar-refractivity contribution in [2.75, 3.05) is 0 Å². The van der Waals surface area contributed by atoms with Gasteiger partial charge >= 0.3 is 0 Å². The fraction of sp³-hybridized carbons (Fsp3) is 0.800. The van der Waals surface area contributed by atoms with Crippen LogP contribution in [0.25, 0.3) is 0 Å². The standard InChI is InChI=1S/C8H11F2N3.C2H6/c1-5-2-3-13-6(4-5)11-12-8(13)7(9)10;1-2/h5,7H,2-4H2,1H3;1-2H3. The highest BCUT2D eigenvalue weighted by atomic mass is 19.3. The topological polar surface area (TPSA) is 30.7 Å². The first-order chi connectivity index (χ1) is 7.18. The Labute approximate surface area is 88.5 Å². The molecule has 0 fully saturated rings. The first-order valence-electron chi connectivity index (χ1n) is 5.38. The van der Waals surface area contributed by atoms with Gasteiger partial charge in [-0.15, -0.1) is 10.2 Å². The highest BCUT2D eigenvalue weighted by Gasteiger charge is 2.24. The molecule has 2 heterocycles. The maximum absolute atomic E-state index is 12.4. The van der Waals surface area contributed by atoms with Crippen LogP contribution in [0.5, 0.6) is 0 Å². The van der Waals surface area contributed by atoms with Crippen molar-refractivity contribution in [1.29, 1.82) is 0 Å². The molecule has 0 spiro atoms. The van der Waals surface area contributed by atoms with Gasteiger partial charge in [0, 0.05) is 13.0 Å². The first kappa shape index (κ1) is 12.1. The Bertz CT molecular complexity index is 310. The van der Waals surface area contributed by atoms with Crippen molar-refractivity contribution in [1.82, 2.24) is 14.8 Å². The van der Waals surface area contributed by atoms with Gasteiger partial charge in [0.15, 0.2) is 5.82 Å². The summed E-state index contributed by atoms with van der Waals surface area (Å²) >= 11 is 0. The van der Waals surface area contributed by atoms with Crippen molar-refractivity contribution in [3.8, 4) is 0 Å².